The highest BCUT2D eigenvalue weighted by molar-refractivity contribution is 5.75. The zero-order valence-electron chi connectivity index (χ0n) is 13.5. The maximum atomic E-state index is 13.0. The lowest BCUT2D eigenvalue weighted by atomic mass is 10.1. The van der Waals surface area contributed by atoms with E-state index < -0.39 is 0 Å². The highest BCUT2D eigenvalue weighted by Crippen LogP contribution is 2.18. The molecule has 1 aromatic carbocycles. The summed E-state index contributed by atoms with van der Waals surface area (Å²) in [7, 11) is 0. The third-order valence-electron chi connectivity index (χ3n) is 4.63. The quantitative estimate of drug-likeness (QED) is 0.928. The Morgan fingerprint density at radius 2 is 1.96 bits per heavy atom. The number of nitrogens with one attached hydrogen (secondary N) is 1. The number of nitrogens with zero attached hydrogens (tertiary/aromatic N) is 2. The van der Waals surface area contributed by atoms with Crippen LogP contribution in [0.1, 0.15) is 19.8 Å². The first-order chi connectivity index (χ1) is 11.1. The number of hydrogen-bond acceptors (Lipinski definition) is 3. The lowest BCUT2D eigenvalue weighted by Gasteiger charge is -2.36. The summed E-state index contributed by atoms with van der Waals surface area (Å²) in [6.07, 6.45) is 2.22. The number of benzene rings is 1. The molecule has 0 aromatic heterocycles. The van der Waals surface area contributed by atoms with E-state index in [-0.39, 0.29) is 24.0 Å². The third-order valence-corrected chi connectivity index (χ3v) is 4.63. The number of amides is 2. The van der Waals surface area contributed by atoms with E-state index in [0.717, 1.165) is 38.2 Å². The average Bonchev–Trinajstić information content (AvgIpc) is 3.10. The lowest BCUT2D eigenvalue weighted by molar-refractivity contribution is 0.0831. The number of rotatable bonds is 3. The van der Waals surface area contributed by atoms with E-state index in [2.05, 4.69) is 10.2 Å². The Hall–Kier alpha value is -1.82. The summed E-state index contributed by atoms with van der Waals surface area (Å²) < 4.78 is 18.6. The second kappa shape index (κ2) is 7.17. The van der Waals surface area contributed by atoms with Crippen LogP contribution in [0, 0.1) is 5.82 Å². The summed E-state index contributed by atoms with van der Waals surface area (Å²) in [4.78, 5) is 16.4. The van der Waals surface area contributed by atoms with Crippen LogP contribution in [0.2, 0.25) is 0 Å². The van der Waals surface area contributed by atoms with Crippen molar-refractivity contribution in [1.82, 2.24) is 10.2 Å². The SMILES string of the molecule is CC(NC(=O)N1CCN(c2ccc(F)cc2)CC1)C1CCCO1. The molecule has 0 spiro atoms. The van der Waals surface area contributed by atoms with Crippen LogP contribution < -0.4 is 10.2 Å². The zero-order chi connectivity index (χ0) is 16.2. The van der Waals surface area contributed by atoms with Gasteiger partial charge in [-0.05, 0) is 44.0 Å². The van der Waals surface area contributed by atoms with Crippen LogP contribution >= 0.6 is 0 Å². The van der Waals surface area contributed by atoms with Gasteiger partial charge in [0.1, 0.15) is 5.82 Å². The Kier molecular flexibility index (Phi) is 5.00. The number of halogens is 1. The molecule has 2 fully saturated rings. The molecule has 2 aliphatic rings. The van der Waals surface area contributed by atoms with Gasteiger partial charge in [0, 0.05) is 38.5 Å². The topological polar surface area (TPSA) is 44.8 Å². The Labute approximate surface area is 136 Å². The normalized spacial score (nSPS) is 23.0. The van der Waals surface area contributed by atoms with Gasteiger partial charge in [-0.3, -0.25) is 0 Å². The highest BCUT2D eigenvalue weighted by Gasteiger charge is 2.27. The molecule has 2 unspecified atom stereocenters. The van der Waals surface area contributed by atoms with Crippen molar-refractivity contribution in [3.63, 3.8) is 0 Å². The van der Waals surface area contributed by atoms with Crippen molar-refractivity contribution in [3.8, 4) is 0 Å². The molecule has 5 nitrogen and oxygen atoms in total. The minimum Gasteiger partial charge on any atom is -0.376 e. The van der Waals surface area contributed by atoms with Gasteiger partial charge in [0.15, 0.2) is 0 Å². The van der Waals surface area contributed by atoms with Crippen molar-refractivity contribution in [3.05, 3.63) is 30.1 Å². The van der Waals surface area contributed by atoms with Crippen LogP contribution in [0.3, 0.4) is 0 Å². The number of urea groups is 1. The molecule has 2 heterocycles. The molecule has 126 valence electrons. The largest absolute Gasteiger partial charge is 0.376 e. The van der Waals surface area contributed by atoms with Crippen molar-refractivity contribution in [2.45, 2.75) is 31.9 Å². The summed E-state index contributed by atoms with van der Waals surface area (Å²) in [5.74, 6) is -0.227. The van der Waals surface area contributed by atoms with Crippen LogP contribution in [-0.4, -0.2) is 55.9 Å². The molecule has 0 bridgehead atoms. The minimum absolute atomic E-state index is 0.0215. The van der Waals surface area contributed by atoms with Gasteiger partial charge < -0.3 is 19.9 Å². The minimum atomic E-state index is -0.227. The van der Waals surface area contributed by atoms with Crippen molar-refractivity contribution in [2.24, 2.45) is 0 Å². The number of carbonyl (C=O) groups excluding carboxylic acids is 1. The zero-order valence-corrected chi connectivity index (χ0v) is 13.5. The van der Waals surface area contributed by atoms with Crippen molar-refractivity contribution < 1.29 is 13.9 Å². The monoisotopic (exact) mass is 321 g/mol. The summed E-state index contributed by atoms with van der Waals surface area (Å²) in [5.41, 5.74) is 0.999. The molecule has 0 radical (unpaired) electrons. The van der Waals surface area contributed by atoms with Crippen LogP contribution in [-0.2, 0) is 4.74 Å². The molecule has 1 N–H and O–H groups in total. The first-order valence-electron chi connectivity index (χ1n) is 8.31. The van der Waals surface area contributed by atoms with E-state index >= 15 is 0 Å². The van der Waals surface area contributed by atoms with Gasteiger partial charge >= 0.3 is 6.03 Å². The Morgan fingerprint density at radius 1 is 1.26 bits per heavy atom. The first-order valence-corrected chi connectivity index (χ1v) is 8.31. The summed E-state index contributed by atoms with van der Waals surface area (Å²) in [6.45, 7) is 5.65. The second-order valence-corrected chi connectivity index (χ2v) is 6.24. The molecule has 23 heavy (non-hydrogen) atoms. The Morgan fingerprint density at radius 3 is 2.57 bits per heavy atom. The molecule has 3 rings (SSSR count). The van der Waals surface area contributed by atoms with Gasteiger partial charge in [-0.2, -0.15) is 0 Å². The number of hydrogen-bond donors (Lipinski definition) is 1. The average molecular weight is 321 g/mol. The molecule has 2 saturated heterocycles. The fraction of sp³-hybridized carbons (Fsp3) is 0.588. The molecule has 0 aliphatic carbocycles. The Bertz CT molecular complexity index is 523. The van der Waals surface area contributed by atoms with E-state index in [1.807, 2.05) is 11.8 Å². The molecule has 2 atom stereocenters. The van der Waals surface area contributed by atoms with Gasteiger partial charge in [-0.25, -0.2) is 9.18 Å². The standard InChI is InChI=1S/C17H24FN3O2/c1-13(16-3-2-12-23-16)19-17(22)21-10-8-20(9-11-21)15-6-4-14(18)5-7-15/h4-7,13,16H,2-3,8-12H2,1H3,(H,19,22). The number of carbonyl (C=O) groups is 1. The van der Waals surface area contributed by atoms with Gasteiger partial charge in [-0.15, -0.1) is 0 Å². The van der Waals surface area contributed by atoms with Crippen molar-refractivity contribution in [2.75, 3.05) is 37.7 Å². The van der Waals surface area contributed by atoms with Gasteiger partial charge in [0.2, 0.25) is 0 Å². The molecular weight excluding hydrogens is 297 g/mol. The first kappa shape index (κ1) is 16.1. The van der Waals surface area contributed by atoms with E-state index in [1.165, 1.54) is 12.1 Å². The van der Waals surface area contributed by atoms with E-state index in [9.17, 15) is 9.18 Å². The predicted octanol–water partition coefficient (Wildman–Crippen LogP) is 2.22. The van der Waals surface area contributed by atoms with Crippen LogP contribution in [0.15, 0.2) is 24.3 Å². The molecular formula is C17H24FN3O2. The van der Waals surface area contributed by atoms with Crippen LogP contribution in [0.5, 0.6) is 0 Å². The summed E-state index contributed by atoms with van der Waals surface area (Å²) in [6, 6.07) is 6.52. The Balaban J connectivity index is 1.48. The van der Waals surface area contributed by atoms with Crippen LogP contribution in [0.25, 0.3) is 0 Å². The molecule has 1 aromatic rings. The number of piperazine rings is 1. The van der Waals surface area contributed by atoms with E-state index in [4.69, 9.17) is 4.74 Å². The molecule has 0 saturated carbocycles. The highest BCUT2D eigenvalue weighted by atomic mass is 19.1. The fourth-order valence-electron chi connectivity index (χ4n) is 3.20. The molecule has 2 aliphatic heterocycles. The predicted molar refractivity (Wildman–Crippen MR) is 87.2 cm³/mol. The van der Waals surface area contributed by atoms with E-state index in [1.54, 1.807) is 12.1 Å². The smallest absolute Gasteiger partial charge is 0.317 e. The van der Waals surface area contributed by atoms with Crippen molar-refractivity contribution >= 4 is 11.7 Å². The summed E-state index contributed by atoms with van der Waals surface area (Å²) in [5, 5.41) is 3.05. The molecule has 6 heteroatoms. The fourth-order valence-corrected chi connectivity index (χ4v) is 3.20. The van der Waals surface area contributed by atoms with Gasteiger partial charge in [0.05, 0.1) is 12.1 Å². The van der Waals surface area contributed by atoms with Crippen LogP contribution in [0.4, 0.5) is 14.9 Å². The molecule has 2 amide bonds. The third kappa shape index (κ3) is 3.93. The van der Waals surface area contributed by atoms with E-state index in [0.29, 0.717) is 13.1 Å². The number of anilines is 1. The number of ether oxygens (including phenoxy) is 1. The summed E-state index contributed by atoms with van der Waals surface area (Å²) >= 11 is 0. The maximum Gasteiger partial charge on any atom is 0.317 e. The second-order valence-electron chi connectivity index (χ2n) is 6.24. The maximum absolute atomic E-state index is 13.0. The van der Waals surface area contributed by atoms with Crippen molar-refractivity contribution in [1.29, 1.82) is 0 Å². The lowest BCUT2D eigenvalue weighted by Crippen LogP contribution is -2.54. The van der Waals surface area contributed by atoms with Gasteiger partial charge in [-0.1, -0.05) is 0 Å². The van der Waals surface area contributed by atoms with Gasteiger partial charge in [0.25, 0.3) is 0 Å².